The first-order valence-electron chi connectivity index (χ1n) is 19.5. The van der Waals surface area contributed by atoms with Gasteiger partial charge in [0.05, 0.1) is 50.1 Å². The van der Waals surface area contributed by atoms with E-state index < -0.39 is 24.3 Å². The summed E-state index contributed by atoms with van der Waals surface area (Å²) in [7, 11) is 2.59. The minimum Gasteiger partial charge on any atom is -0.453 e. The summed E-state index contributed by atoms with van der Waals surface area (Å²) in [5, 5.41) is 5.43. The standard InChI is InChI=1S/C42H54N8O6/c1-24(2)35(47-41(53)55-6)39(51)49-21-9-12-33(49)37-43-22-31(45-37)29-17-13-27(14-18-29)28-15-19-30(20-16-28)32-23-44-38(46-32)34-11-8-10-26(5)50(34)40(52)36(25(3)4)48-42(54)56-7/h13-20,22-26,33-36H,8-12,21H2,1-7H3,(H,43,45)(H,44,46)(H,47,53)(H,48,54)/t26-,33-,34-,35-,36-/m0/s1. The highest BCUT2D eigenvalue weighted by Gasteiger charge is 2.40. The van der Waals surface area contributed by atoms with Gasteiger partial charge >= 0.3 is 12.2 Å². The van der Waals surface area contributed by atoms with Gasteiger partial charge in [-0.3, -0.25) is 9.59 Å². The van der Waals surface area contributed by atoms with Crippen LogP contribution in [0.3, 0.4) is 0 Å². The number of hydrogen-bond donors (Lipinski definition) is 4. The maximum absolute atomic E-state index is 13.9. The number of nitrogens with zero attached hydrogens (tertiary/aromatic N) is 4. The van der Waals surface area contributed by atoms with Gasteiger partial charge in [-0.1, -0.05) is 76.2 Å². The number of rotatable bonds is 11. The van der Waals surface area contributed by atoms with Crippen molar-refractivity contribution in [2.45, 2.75) is 96.9 Å². The molecule has 14 nitrogen and oxygen atoms in total. The number of nitrogens with one attached hydrogen (secondary N) is 4. The Kier molecular flexibility index (Phi) is 12.5. The van der Waals surface area contributed by atoms with Crippen LogP contribution < -0.4 is 10.6 Å². The highest BCUT2D eigenvalue weighted by molar-refractivity contribution is 5.87. The van der Waals surface area contributed by atoms with Crippen molar-refractivity contribution in [2.24, 2.45) is 11.8 Å². The molecule has 0 radical (unpaired) electrons. The third-order valence-corrected chi connectivity index (χ3v) is 11.0. The van der Waals surface area contributed by atoms with Crippen LogP contribution in [0.15, 0.2) is 60.9 Å². The van der Waals surface area contributed by atoms with Crippen molar-refractivity contribution in [3.63, 3.8) is 0 Å². The Morgan fingerprint density at radius 2 is 1.11 bits per heavy atom. The molecule has 4 N–H and O–H groups in total. The number of alkyl carbamates (subject to hydrolysis) is 2. The van der Waals surface area contributed by atoms with Crippen LogP contribution in [-0.4, -0.2) is 92.6 Å². The van der Waals surface area contributed by atoms with Gasteiger partial charge in [-0.2, -0.15) is 0 Å². The second-order valence-electron chi connectivity index (χ2n) is 15.5. The predicted octanol–water partition coefficient (Wildman–Crippen LogP) is 7.00. The fraction of sp³-hybridized carbons (Fsp3) is 0.476. The van der Waals surface area contributed by atoms with Gasteiger partial charge in [-0.25, -0.2) is 19.6 Å². The zero-order valence-electron chi connectivity index (χ0n) is 33.3. The van der Waals surface area contributed by atoms with Crippen LogP contribution >= 0.6 is 0 Å². The van der Waals surface area contributed by atoms with Gasteiger partial charge in [0.1, 0.15) is 23.7 Å². The Labute approximate surface area is 328 Å². The number of methoxy groups -OCH3 is 2. The Bertz CT molecular complexity index is 1990. The number of benzene rings is 2. The zero-order valence-corrected chi connectivity index (χ0v) is 33.3. The molecule has 2 saturated heterocycles. The highest BCUT2D eigenvalue weighted by atomic mass is 16.5. The zero-order chi connectivity index (χ0) is 40.1. The van der Waals surface area contributed by atoms with E-state index in [1.165, 1.54) is 14.2 Å². The summed E-state index contributed by atoms with van der Waals surface area (Å²) in [5.41, 5.74) is 5.78. The lowest BCUT2D eigenvalue weighted by Gasteiger charge is -2.42. The highest BCUT2D eigenvalue weighted by Crippen LogP contribution is 2.36. The van der Waals surface area contributed by atoms with Crippen LogP contribution in [0, 0.1) is 11.8 Å². The SMILES string of the molecule is COC(=O)N[C@H](C(=O)N1CCC[C@H]1c1ncc(-c2ccc(-c3ccc(-c4cnc([C@@H]5CCC[C@H](C)N5C(=O)[C@@H](NC(=O)OC)C(C)C)[nH]4)cc3)cc2)[nH]1)C(C)C. The average Bonchev–Trinajstić information content (AvgIpc) is 4.00. The van der Waals surface area contributed by atoms with E-state index in [-0.39, 0.29) is 41.8 Å². The van der Waals surface area contributed by atoms with Gasteiger partial charge in [0.2, 0.25) is 11.8 Å². The number of aromatic amines is 2. The lowest BCUT2D eigenvalue weighted by Crippen LogP contribution is -2.55. The molecule has 2 aromatic heterocycles. The maximum Gasteiger partial charge on any atom is 0.407 e. The first-order valence-corrected chi connectivity index (χ1v) is 19.5. The quantitative estimate of drug-likeness (QED) is 0.126. The Balaban J connectivity index is 1.13. The van der Waals surface area contributed by atoms with Gasteiger partial charge in [-0.05, 0) is 73.1 Å². The molecule has 2 aromatic carbocycles. The third kappa shape index (κ3) is 8.58. The van der Waals surface area contributed by atoms with Crippen LogP contribution in [0.5, 0.6) is 0 Å². The molecular formula is C42H54N8O6. The van der Waals surface area contributed by atoms with E-state index in [4.69, 9.17) is 14.5 Å². The van der Waals surface area contributed by atoms with E-state index in [1.807, 2.05) is 50.6 Å². The fourth-order valence-corrected chi connectivity index (χ4v) is 7.87. The van der Waals surface area contributed by atoms with Crippen molar-refractivity contribution >= 4 is 24.0 Å². The van der Waals surface area contributed by atoms with Gasteiger partial charge in [0.15, 0.2) is 0 Å². The number of aromatic nitrogens is 4. The molecule has 0 unspecified atom stereocenters. The third-order valence-electron chi connectivity index (χ3n) is 11.0. The summed E-state index contributed by atoms with van der Waals surface area (Å²) < 4.78 is 9.56. The minimum atomic E-state index is -0.708. The molecule has 14 heteroatoms. The number of amides is 4. The molecule has 4 heterocycles. The summed E-state index contributed by atoms with van der Waals surface area (Å²) in [6.45, 7) is 10.3. The fourth-order valence-electron chi connectivity index (χ4n) is 7.87. The Morgan fingerprint density at radius 3 is 1.59 bits per heavy atom. The number of likely N-dealkylation sites (tertiary alicyclic amines) is 2. The van der Waals surface area contributed by atoms with Crippen molar-refractivity contribution in [3.05, 3.63) is 72.6 Å². The lowest BCUT2D eigenvalue weighted by atomic mass is 9.93. The molecule has 2 fully saturated rings. The van der Waals surface area contributed by atoms with Crippen LogP contribution in [0.4, 0.5) is 9.59 Å². The van der Waals surface area contributed by atoms with E-state index in [0.717, 1.165) is 77.4 Å². The van der Waals surface area contributed by atoms with Crippen LogP contribution in [0.1, 0.15) is 90.5 Å². The minimum absolute atomic E-state index is 0.00864. The molecule has 2 aliphatic heterocycles. The molecule has 6 rings (SSSR count). The smallest absolute Gasteiger partial charge is 0.407 e. The van der Waals surface area contributed by atoms with Crippen molar-refractivity contribution in [1.82, 2.24) is 40.4 Å². The van der Waals surface area contributed by atoms with Crippen molar-refractivity contribution in [2.75, 3.05) is 20.8 Å². The van der Waals surface area contributed by atoms with E-state index in [9.17, 15) is 19.2 Å². The molecule has 56 heavy (non-hydrogen) atoms. The summed E-state index contributed by atoms with van der Waals surface area (Å²) in [5.74, 6) is 0.947. The number of ether oxygens (including phenoxy) is 2. The normalized spacial score (nSPS) is 19.5. The Morgan fingerprint density at radius 1 is 0.661 bits per heavy atom. The molecule has 0 bridgehead atoms. The number of piperidine rings is 1. The van der Waals surface area contributed by atoms with Crippen LogP contribution in [-0.2, 0) is 19.1 Å². The molecule has 0 aliphatic carbocycles. The molecule has 5 atom stereocenters. The maximum atomic E-state index is 13.9. The molecule has 4 aromatic rings. The van der Waals surface area contributed by atoms with E-state index in [2.05, 4.69) is 74.1 Å². The van der Waals surface area contributed by atoms with Crippen LogP contribution in [0.25, 0.3) is 33.6 Å². The average molecular weight is 767 g/mol. The van der Waals surface area contributed by atoms with Crippen molar-refractivity contribution in [1.29, 1.82) is 0 Å². The first-order chi connectivity index (χ1) is 26.9. The number of H-pyrrole nitrogens is 2. The van der Waals surface area contributed by atoms with Gasteiger partial charge < -0.3 is 39.9 Å². The lowest BCUT2D eigenvalue weighted by molar-refractivity contribution is -0.141. The molecule has 2 aliphatic rings. The molecular weight excluding hydrogens is 713 g/mol. The molecule has 298 valence electrons. The summed E-state index contributed by atoms with van der Waals surface area (Å²) in [4.78, 5) is 71.5. The Hall–Kier alpha value is -5.66. The molecule has 4 amide bonds. The summed E-state index contributed by atoms with van der Waals surface area (Å²) >= 11 is 0. The number of imidazole rings is 2. The molecule has 0 saturated carbocycles. The van der Waals surface area contributed by atoms with Crippen molar-refractivity contribution in [3.8, 4) is 33.6 Å². The second kappa shape index (κ2) is 17.4. The largest absolute Gasteiger partial charge is 0.453 e. The second-order valence-corrected chi connectivity index (χ2v) is 15.5. The van der Waals surface area contributed by atoms with E-state index in [0.29, 0.717) is 6.54 Å². The topological polar surface area (TPSA) is 175 Å². The summed E-state index contributed by atoms with van der Waals surface area (Å²) in [6.07, 6.45) is 6.61. The number of hydrogen-bond acceptors (Lipinski definition) is 8. The van der Waals surface area contributed by atoms with Crippen LogP contribution in [0.2, 0.25) is 0 Å². The molecule has 0 spiro atoms. The van der Waals surface area contributed by atoms with Gasteiger partial charge in [0.25, 0.3) is 0 Å². The van der Waals surface area contributed by atoms with Crippen molar-refractivity contribution < 1.29 is 28.7 Å². The van der Waals surface area contributed by atoms with Gasteiger partial charge in [-0.15, -0.1) is 0 Å². The van der Waals surface area contributed by atoms with E-state index in [1.54, 1.807) is 6.20 Å². The van der Waals surface area contributed by atoms with Gasteiger partial charge in [0, 0.05) is 12.6 Å². The predicted molar refractivity (Wildman–Crippen MR) is 212 cm³/mol. The monoisotopic (exact) mass is 766 g/mol. The summed E-state index contributed by atoms with van der Waals surface area (Å²) in [6, 6.07) is 14.7. The number of carbonyl (C=O) groups excluding carboxylic acids is 4. The van der Waals surface area contributed by atoms with E-state index >= 15 is 0 Å². The first kappa shape index (κ1) is 40.0. The number of carbonyl (C=O) groups is 4.